The van der Waals surface area contributed by atoms with E-state index in [2.05, 4.69) is 0 Å². The Labute approximate surface area is 53.2 Å². The Morgan fingerprint density at radius 3 is 2.78 bits per heavy atom. The van der Waals surface area contributed by atoms with Crippen LogP contribution in [-0.2, 0) is 4.79 Å². The largest absolute Gasteiger partial charge is 0.290 e. The molecule has 47 valence electrons. The lowest BCUT2D eigenvalue weighted by molar-refractivity contribution is -0.117. The van der Waals surface area contributed by atoms with Crippen molar-refractivity contribution in [2.45, 2.75) is 0 Å². The summed E-state index contributed by atoms with van der Waals surface area (Å²) in [6.07, 6.45) is 6.96. The number of rotatable bonds is 1. The van der Waals surface area contributed by atoms with Gasteiger partial charge in [-0.2, -0.15) is 0 Å². The Balaban J connectivity index is 2.55. The summed E-state index contributed by atoms with van der Waals surface area (Å²) in [5.41, 5.74) is 2.62. The highest BCUT2D eigenvalue weighted by Gasteiger charge is 2.06. The molecule has 9 heavy (non-hydrogen) atoms. The van der Waals surface area contributed by atoms with Crippen molar-refractivity contribution in [1.82, 2.24) is 5.43 Å². The Hall–Kier alpha value is -1.09. The molecule has 3 N–H and O–H groups in total. The molecule has 0 bridgehead atoms. The number of nitrogens with two attached hydrogens (primary N) is 1. The van der Waals surface area contributed by atoms with Gasteiger partial charge in [0.1, 0.15) is 0 Å². The summed E-state index contributed by atoms with van der Waals surface area (Å²) in [4.78, 5) is 10.6. The van der Waals surface area contributed by atoms with Crippen molar-refractivity contribution in [2.75, 3.05) is 0 Å². The number of carbonyl (C=O) groups is 1. The van der Waals surface area contributed by atoms with Crippen molar-refractivity contribution in [2.24, 2.45) is 5.84 Å². The maximum Gasteiger partial charge on any atom is 0.261 e. The minimum atomic E-state index is -0.250. The predicted octanol–water partition coefficient (Wildman–Crippen LogP) is -0.323. The summed E-state index contributed by atoms with van der Waals surface area (Å²) in [7, 11) is 0. The number of amides is 1. The standard InChI is InChI=1S/C6H7N2O/c7-8-6(9)5-3-1-2-4-5/h1-4H,7H2,(H,8,9). The van der Waals surface area contributed by atoms with Gasteiger partial charge in [-0.1, -0.05) is 18.2 Å². The molecule has 1 aliphatic carbocycles. The minimum Gasteiger partial charge on any atom is -0.290 e. The molecule has 1 rings (SSSR count). The molecular formula is C6H7N2O. The highest BCUT2D eigenvalue weighted by atomic mass is 16.2. The van der Waals surface area contributed by atoms with Crippen molar-refractivity contribution in [1.29, 1.82) is 0 Å². The molecule has 0 heterocycles. The van der Waals surface area contributed by atoms with Crippen LogP contribution in [0.3, 0.4) is 0 Å². The first-order valence-corrected chi connectivity index (χ1v) is 2.57. The lowest BCUT2D eigenvalue weighted by atomic mass is 10.2. The second-order valence-corrected chi connectivity index (χ2v) is 1.65. The highest BCUT2D eigenvalue weighted by molar-refractivity contribution is 5.96. The third-order valence-electron chi connectivity index (χ3n) is 1.06. The van der Waals surface area contributed by atoms with Crippen molar-refractivity contribution in [3.63, 3.8) is 0 Å². The predicted molar refractivity (Wildman–Crippen MR) is 33.9 cm³/mol. The second kappa shape index (κ2) is 2.46. The monoisotopic (exact) mass is 123 g/mol. The first-order valence-electron chi connectivity index (χ1n) is 2.57. The molecule has 0 saturated heterocycles. The summed E-state index contributed by atoms with van der Waals surface area (Å²) in [6.45, 7) is 0. The van der Waals surface area contributed by atoms with Crippen LogP contribution in [0.4, 0.5) is 0 Å². The molecule has 1 aliphatic rings. The van der Waals surface area contributed by atoms with Crippen LogP contribution in [0.2, 0.25) is 0 Å². The van der Waals surface area contributed by atoms with E-state index in [9.17, 15) is 4.79 Å². The quantitative estimate of drug-likeness (QED) is 0.285. The molecule has 1 radical (unpaired) electrons. The van der Waals surface area contributed by atoms with Gasteiger partial charge in [-0.15, -0.1) is 0 Å². The number of hydrogen-bond donors (Lipinski definition) is 2. The van der Waals surface area contributed by atoms with Crippen LogP contribution in [0.25, 0.3) is 0 Å². The minimum absolute atomic E-state index is 0.250. The molecule has 3 nitrogen and oxygen atoms in total. The summed E-state index contributed by atoms with van der Waals surface area (Å²) in [5, 5.41) is 0. The van der Waals surface area contributed by atoms with Gasteiger partial charge < -0.3 is 0 Å². The zero-order valence-corrected chi connectivity index (χ0v) is 4.79. The fourth-order valence-electron chi connectivity index (χ4n) is 0.609. The number of carbonyl (C=O) groups excluding carboxylic acids is 1. The van der Waals surface area contributed by atoms with Gasteiger partial charge in [0.15, 0.2) is 0 Å². The van der Waals surface area contributed by atoms with Gasteiger partial charge in [-0.3, -0.25) is 10.2 Å². The Bertz CT molecular complexity index is 181. The van der Waals surface area contributed by atoms with Gasteiger partial charge >= 0.3 is 0 Å². The summed E-state index contributed by atoms with van der Waals surface area (Å²) < 4.78 is 0. The van der Waals surface area contributed by atoms with Crippen LogP contribution in [0, 0.1) is 6.42 Å². The van der Waals surface area contributed by atoms with E-state index in [1.54, 1.807) is 24.6 Å². The molecule has 0 aromatic rings. The van der Waals surface area contributed by atoms with Gasteiger partial charge in [0, 0.05) is 12.0 Å². The maximum atomic E-state index is 10.6. The first-order chi connectivity index (χ1) is 4.34. The number of hydrogen-bond acceptors (Lipinski definition) is 2. The average molecular weight is 123 g/mol. The van der Waals surface area contributed by atoms with E-state index in [4.69, 9.17) is 5.84 Å². The number of hydrazine groups is 1. The molecule has 0 aliphatic heterocycles. The molecule has 0 saturated carbocycles. The third kappa shape index (κ3) is 1.17. The van der Waals surface area contributed by atoms with Crippen LogP contribution >= 0.6 is 0 Å². The van der Waals surface area contributed by atoms with Gasteiger partial charge in [-0.25, -0.2) is 5.84 Å². The molecule has 3 heteroatoms. The normalized spacial score (nSPS) is 15.4. The van der Waals surface area contributed by atoms with Crippen molar-refractivity contribution in [3.05, 3.63) is 30.2 Å². The molecule has 0 atom stereocenters. The lowest BCUT2D eigenvalue weighted by Crippen LogP contribution is -2.30. The van der Waals surface area contributed by atoms with E-state index in [0.717, 1.165) is 0 Å². The Morgan fingerprint density at radius 1 is 1.56 bits per heavy atom. The second-order valence-electron chi connectivity index (χ2n) is 1.65. The van der Waals surface area contributed by atoms with E-state index >= 15 is 0 Å². The van der Waals surface area contributed by atoms with Gasteiger partial charge in [0.05, 0.1) is 0 Å². The SMILES string of the molecule is NNC(=O)C1=CC=C[CH]1. The molecular weight excluding hydrogens is 116 g/mol. The maximum absolute atomic E-state index is 10.6. The van der Waals surface area contributed by atoms with Crippen LogP contribution in [0.5, 0.6) is 0 Å². The zero-order chi connectivity index (χ0) is 6.69. The van der Waals surface area contributed by atoms with Crippen molar-refractivity contribution >= 4 is 5.91 Å². The van der Waals surface area contributed by atoms with Crippen LogP contribution in [0.1, 0.15) is 0 Å². The zero-order valence-electron chi connectivity index (χ0n) is 4.79. The number of allylic oxidation sites excluding steroid dienone is 3. The fourth-order valence-corrected chi connectivity index (χ4v) is 0.609. The van der Waals surface area contributed by atoms with Crippen molar-refractivity contribution in [3.8, 4) is 0 Å². The average Bonchev–Trinajstić information content (AvgIpc) is 2.37. The van der Waals surface area contributed by atoms with Crippen LogP contribution in [-0.4, -0.2) is 5.91 Å². The van der Waals surface area contributed by atoms with E-state index in [1.807, 2.05) is 5.43 Å². The fraction of sp³-hybridized carbons (Fsp3) is 0. The Morgan fingerprint density at radius 2 is 2.33 bits per heavy atom. The molecule has 0 spiro atoms. The topological polar surface area (TPSA) is 55.1 Å². The summed E-state index contributed by atoms with van der Waals surface area (Å²) >= 11 is 0. The molecule has 0 fully saturated rings. The van der Waals surface area contributed by atoms with E-state index < -0.39 is 0 Å². The van der Waals surface area contributed by atoms with Gasteiger partial charge in [-0.05, 0) is 0 Å². The lowest BCUT2D eigenvalue weighted by Gasteiger charge is -1.95. The van der Waals surface area contributed by atoms with Gasteiger partial charge in [0.2, 0.25) is 0 Å². The van der Waals surface area contributed by atoms with E-state index in [1.165, 1.54) is 0 Å². The molecule has 0 unspecified atom stereocenters. The van der Waals surface area contributed by atoms with Crippen LogP contribution < -0.4 is 11.3 Å². The third-order valence-corrected chi connectivity index (χ3v) is 1.06. The molecule has 0 aromatic carbocycles. The van der Waals surface area contributed by atoms with Crippen LogP contribution in [0.15, 0.2) is 23.8 Å². The van der Waals surface area contributed by atoms with E-state index in [0.29, 0.717) is 5.57 Å². The highest BCUT2D eigenvalue weighted by Crippen LogP contribution is 2.07. The smallest absolute Gasteiger partial charge is 0.261 e. The molecule has 1 amide bonds. The Kier molecular flexibility index (Phi) is 1.65. The number of nitrogens with one attached hydrogen (secondary N) is 1. The van der Waals surface area contributed by atoms with Crippen molar-refractivity contribution < 1.29 is 4.79 Å². The summed E-state index contributed by atoms with van der Waals surface area (Å²) in [6, 6.07) is 0. The summed E-state index contributed by atoms with van der Waals surface area (Å²) in [5.74, 6) is 4.61. The van der Waals surface area contributed by atoms with E-state index in [-0.39, 0.29) is 5.91 Å². The first kappa shape index (κ1) is 6.04. The molecule has 0 aromatic heterocycles. The van der Waals surface area contributed by atoms with Gasteiger partial charge in [0.25, 0.3) is 5.91 Å².